The van der Waals surface area contributed by atoms with Crippen molar-refractivity contribution in [1.29, 1.82) is 0 Å². The highest BCUT2D eigenvalue weighted by atomic mass is 16.6. The number of hydrogen-bond donors (Lipinski definition) is 0. The number of amides is 2. The number of benzene rings is 2. The van der Waals surface area contributed by atoms with Crippen molar-refractivity contribution < 1.29 is 21.8 Å². The molecule has 0 N–H and O–H groups in total. The SMILES string of the molecule is [2H]C1([2H])CN(C(=O)C=Cc2cccc(Oc3ccccc3)c2)C(=O)O1. The van der Waals surface area contributed by atoms with Gasteiger partial charge in [-0.25, -0.2) is 9.69 Å². The molecular formula is C18H15NO4. The molecule has 0 saturated carbocycles. The second-order valence-corrected chi connectivity index (χ2v) is 4.76. The van der Waals surface area contributed by atoms with Crippen molar-refractivity contribution in [2.75, 3.05) is 13.1 Å². The number of cyclic esters (lactones) is 1. The van der Waals surface area contributed by atoms with Gasteiger partial charge in [0.25, 0.3) is 5.91 Å². The van der Waals surface area contributed by atoms with Gasteiger partial charge in [0.05, 0.1) is 9.29 Å². The van der Waals surface area contributed by atoms with Crippen molar-refractivity contribution in [2.24, 2.45) is 0 Å². The van der Waals surface area contributed by atoms with Gasteiger partial charge in [-0.1, -0.05) is 30.3 Å². The molecular weight excluding hydrogens is 294 g/mol. The predicted octanol–water partition coefficient (Wildman–Crippen LogP) is 3.47. The lowest BCUT2D eigenvalue weighted by Gasteiger charge is -2.07. The maximum absolute atomic E-state index is 12.0. The van der Waals surface area contributed by atoms with Crippen molar-refractivity contribution in [3.63, 3.8) is 0 Å². The van der Waals surface area contributed by atoms with E-state index >= 15 is 0 Å². The van der Waals surface area contributed by atoms with Gasteiger partial charge in [0.1, 0.15) is 18.1 Å². The number of imide groups is 1. The molecule has 1 aliphatic rings. The molecule has 5 nitrogen and oxygen atoms in total. The first-order valence-electron chi connectivity index (χ1n) is 7.98. The Balaban J connectivity index is 1.68. The highest BCUT2D eigenvalue weighted by Crippen LogP contribution is 2.22. The summed E-state index contributed by atoms with van der Waals surface area (Å²) in [5.74, 6) is 0.667. The quantitative estimate of drug-likeness (QED) is 0.811. The van der Waals surface area contributed by atoms with Crippen LogP contribution in [-0.4, -0.2) is 30.0 Å². The zero-order chi connectivity index (χ0) is 17.9. The molecule has 1 aliphatic heterocycles. The van der Waals surface area contributed by atoms with Crippen LogP contribution in [0.1, 0.15) is 8.30 Å². The summed E-state index contributed by atoms with van der Waals surface area (Å²) in [6.07, 6.45) is 1.74. The minimum absolute atomic E-state index is 0.424. The molecule has 1 saturated heterocycles. The Hall–Kier alpha value is -3.08. The number of carbonyl (C=O) groups is 2. The van der Waals surface area contributed by atoms with Crippen LogP contribution in [0.4, 0.5) is 4.79 Å². The van der Waals surface area contributed by atoms with Crippen LogP contribution in [0.25, 0.3) is 6.08 Å². The maximum Gasteiger partial charge on any atom is 0.416 e. The van der Waals surface area contributed by atoms with Gasteiger partial charge in [-0.15, -0.1) is 0 Å². The summed E-state index contributed by atoms with van der Waals surface area (Å²) in [7, 11) is 0. The van der Waals surface area contributed by atoms with Gasteiger partial charge in [-0.2, -0.15) is 0 Å². The molecule has 0 atom stereocenters. The Bertz CT molecular complexity index is 821. The first kappa shape index (κ1) is 12.5. The molecule has 116 valence electrons. The molecule has 1 fully saturated rings. The Morgan fingerprint density at radius 3 is 2.70 bits per heavy atom. The summed E-state index contributed by atoms with van der Waals surface area (Å²) in [5.41, 5.74) is 0.706. The van der Waals surface area contributed by atoms with E-state index in [2.05, 4.69) is 4.74 Å². The number of rotatable bonds is 4. The molecule has 0 radical (unpaired) electrons. The smallest absolute Gasteiger partial charge is 0.416 e. The minimum Gasteiger partial charge on any atom is -0.457 e. The van der Waals surface area contributed by atoms with Gasteiger partial charge in [-0.3, -0.25) is 4.79 Å². The molecule has 2 amide bonds. The van der Waals surface area contributed by atoms with Crippen molar-refractivity contribution >= 4 is 18.1 Å². The van der Waals surface area contributed by atoms with Crippen LogP contribution in [-0.2, 0) is 9.53 Å². The average molecular weight is 311 g/mol. The molecule has 5 heteroatoms. The second kappa shape index (κ2) is 6.79. The fourth-order valence-corrected chi connectivity index (χ4v) is 2.01. The molecule has 0 aliphatic carbocycles. The van der Waals surface area contributed by atoms with Crippen LogP contribution in [0.2, 0.25) is 0 Å². The zero-order valence-corrected chi connectivity index (χ0v) is 12.1. The van der Waals surface area contributed by atoms with E-state index in [0.29, 0.717) is 17.1 Å². The van der Waals surface area contributed by atoms with Crippen LogP contribution in [0.15, 0.2) is 60.7 Å². The Morgan fingerprint density at radius 2 is 1.96 bits per heavy atom. The lowest BCUT2D eigenvalue weighted by Crippen LogP contribution is -2.29. The van der Waals surface area contributed by atoms with Crippen LogP contribution >= 0.6 is 0 Å². The highest BCUT2D eigenvalue weighted by molar-refractivity contribution is 6.01. The van der Waals surface area contributed by atoms with Crippen LogP contribution in [0.5, 0.6) is 11.5 Å². The normalized spacial score (nSPS) is 17.6. The number of ether oxygens (including phenoxy) is 2. The molecule has 2 aromatic rings. The first-order chi connectivity index (χ1) is 11.9. The minimum atomic E-state index is -2.15. The number of nitrogens with zero attached hydrogens (tertiary/aromatic N) is 1. The number of hydrogen-bond acceptors (Lipinski definition) is 4. The molecule has 2 aromatic carbocycles. The van der Waals surface area contributed by atoms with E-state index in [1.807, 2.05) is 30.3 Å². The summed E-state index contributed by atoms with van der Waals surface area (Å²) < 4.78 is 24.9. The largest absolute Gasteiger partial charge is 0.457 e. The zero-order valence-electron chi connectivity index (χ0n) is 14.1. The third-order valence-electron chi connectivity index (χ3n) is 3.12. The topological polar surface area (TPSA) is 55.8 Å². The highest BCUT2D eigenvalue weighted by Gasteiger charge is 2.26. The second-order valence-electron chi connectivity index (χ2n) is 4.76. The van der Waals surface area contributed by atoms with E-state index in [9.17, 15) is 9.59 Å². The molecule has 0 aromatic heterocycles. The van der Waals surface area contributed by atoms with E-state index in [1.54, 1.807) is 24.3 Å². The van der Waals surface area contributed by atoms with Gasteiger partial charge in [0.15, 0.2) is 0 Å². The number of para-hydroxylation sites is 1. The molecule has 0 spiro atoms. The molecule has 1 heterocycles. The van der Waals surface area contributed by atoms with Gasteiger partial charge in [0.2, 0.25) is 0 Å². The van der Waals surface area contributed by atoms with Crippen molar-refractivity contribution in [1.82, 2.24) is 4.90 Å². The van der Waals surface area contributed by atoms with Gasteiger partial charge < -0.3 is 9.47 Å². The Kier molecular flexibility index (Phi) is 3.68. The van der Waals surface area contributed by atoms with Gasteiger partial charge in [-0.05, 0) is 35.9 Å². The molecule has 23 heavy (non-hydrogen) atoms. The van der Waals surface area contributed by atoms with E-state index in [1.165, 1.54) is 12.2 Å². The van der Waals surface area contributed by atoms with Crippen molar-refractivity contribution in [2.45, 2.75) is 0 Å². The summed E-state index contributed by atoms with van der Waals surface area (Å²) >= 11 is 0. The fourth-order valence-electron chi connectivity index (χ4n) is 2.01. The monoisotopic (exact) mass is 311 g/mol. The van der Waals surface area contributed by atoms with Gasteiger partial charge >= 0.3 is 6.09 Å². The average Bonchev–Trinajstić information content (AvgIpc) is 2.87. The summed E-state index contributed by atoms with van der Waals surface area (Å²) in [6, 6.07) is 16.4. The van der Waals surface area contributed by atoms with Crippen molar-refractivity contribution in [3.8, 4) is 11.5 Å². The Morgan fingerprint density at radius 1 is 1.17 bits per heavy atom. The first-order valence-corrected chi connectivity index (χ1v) is 6.98. The summed E-state index contributed by atoms with van der Waals surface area (Å²) in [6.45, 7) is -2.57. The molecule has 3 rings (SSSR count). The van der Waals surface area contributed by atoms with Gasteiger partial charge in [0, 0.05) is 6.08 Å². The summed E-state index contributed by atoms with van der Waals surface area (Å²) in [5, 5.41) is 0. The lowest BCUT2D eigenvalue weighted by molar-refractivity contribution is -0.122. The third-order valence-corrected chi connectivity index (χ3v) is 3.12. The predicted molar refractivity (Wildman–Crippen MR) is 85.1 cm³/mol. The standard InChI is InChI=1S/C18H15NO4/c20-17(19-11-12-22-18(19)21)10-9-14-5-4-8-16(13-14)23-15-6-2-1-3-7-15/h1-10,13H,11-12H2/i12D2. The summed E-state index contributed by atoms with van der Waals surface area (Å²) in [4.78, 5) is 24.2. The third kappa shape index (κ3) is 3.77. The molecule has 0 bridgehead atoms. The van der Waals surface area contributed by atoms with E-state index in [0.717, 1.165) is 4.90 Å². The van der Waals surface area contributed by atoms with Crippen molar-refractivity contribution in [3.05, 3.63) is 66.2 Å². The van der Waals surface area contributed by atoms with Crippen LogP contribution in [0.3, 0.4) is 0 Å². The maximum atomic E-state index is 12.0. The van der Waals surface area contributed by atoms with Crippen LogP contribution < -0.4 is 4.74 Å². The fraction of sp³-hybridized carbons (Fsp3) is 0.111. The van der Waals surface area contributed by atoms with E-state index in [-0.39, 0.29) is 0 Å². The van der Waals surface area contributed by atoms with Crippen LogP contribution in [0, 0.1) is 0 Å². The van der Waals surface area contributed by atoms with E-state index < -0.39 is 25.1 Å². The number of carbonyl (C=O) groups excluding carboxylic acids is 2. The Labute approximate surface area is 136 Å². The lowest BCUT2D eigenvalue weighted by atomic mass is 10.2. The van der Waals surface area contributed by atoms with E-state index in [4.69, 9.17) is 7.48 Å². The molecule has 0 unspecified atom stereocenters.